The number of likely N-dealkylation sites (tertiary alicyclic amines) is 2. The van der Waals surface area contributed by atoms with Gasteiger partial charge < -0.3 is 24.6 Å². The average molecular weight is 486 g/mol. The van der Waals surface area contributed by atoms with Crippen molar-refractivity contribution in [3.63, 3.8) is 0 Å². The fourth-order valence-corrected chi connectivity index (χ4v) is 5.75. The molecule has 1 N–H and O–H groups in total. The Balaban J connectivity index is 1.40. The number of rotatable bonds is 5. The van der Waals surface area contributed by atoms with Crippen LogP contribution in [0.5, 0.6) is 0 Å². The molecule has 0 radical (unpaired) electrons. The van der Waals surface area contributed by atoms with E-state index in [1.807, 2.05) is 56.0 Å². The molecule has 0 aromatic heterocycles. The zero-order chi connectivity index (χ0) is 25.0. The van der Waals surface area contributed by atoms with E-state index in [4.69, 9.17) is 9.47 Å². The molecule has 1 aromatic carbocycles. The molecular weight excluding hydrogens is 446 g/mol. The smallest absolute Gasteiger partial charge is 0.410 e. The van der Waals surface area contributed by atoms with Crippen LogP contribution < -0.4 is 5.32 Å². The number of hydrogen-bond donors (Lipinski definition) is 1. The fourth-order valence-electron chi connectivity index (χ4n) is 5.75. The first-order chi connectivity index (χ1) is 16.7. The molecule has 1 aromatic rings. The molecule has 8 nitrogen and oxygen atoms in total. The van der Waals surface area contributed by atoms with Crippen molar-refractivity contribution in [3.8, 4) is 0 Å². The summed E-state index contributed by atoms with van der Waals surface area (Å²) in [5.41, 5.74) is 0.318. The van der Waals surface area contributed by atoms with Crippen molar-refractivity contribution >= 4 is 18.1 Å². The van der Waals surface area contributed by atoms with Gasteiger partial charge in [0.05, 0.1) is 12.1 Å². The van der Waals surface area contributed by atoms with E-state index in [-0.39, 0.29) is 36.6 Å². The maximum atomic E-state index is 13.8. The molecule has 3 unspecified atom stereocenters. The standard InChI is InChI=1S/C27H39N3O5/c1-27(2,3)35-25(32)28-23(20-12-8-5-9-13-20)24(31)29-16-14-22-21(29)15-17-30(22)26(33)34-18-19-10-6-4-7-11-19/h4,6-7,10-11,20-23H,5,8-9,12-18H2,1-3H3,(H,28,32). The van der Waals surface area contributed by atoms with Gasteiger partial charge in [0, 0.05) is 13.1 Å². The van der Waals surface area contributed by atoms with E-state index in [0.29, 0.717) is 13.1 Å². The minimum absolute atomic E-state index is 0.0432. The van der Waals surface area contributed by atoms with Gasteiger partial charge in [-0.15, -0.1) is 0 Å². The molecule has 3 aliphatic rings. The Morgan fingerprint density at radius 3 is 2.23 bits per heavy atom. The van der Waals surface area contributed by atoms with Gasteiger partial charge in [-0.05, 0) is 57.9 Å². The molecule has 35 heavy (non-hydrogen) atoms. The van der Waals surface area contributed by atoms with E-state index in [2.05, 4.69) is 5.32 Å². The van der Waals surface area contributed by atoms with E-state index in [1.165, 1.54) is 0 Å². The van der Waals surface area contributed by atoms with Gasteiger partial charge in [0.25, 0.3) is 0 Å². The summed E-state index contributed by atoms with van der Waals surface area (Å²) in [6, 6.07) is 8.95. The van der Waals surface area contributed by atoms with E-state index in [1.54, 1.807) is 4.90 Å². The van der Waals surface area contributed by atoms with Crippen molar-refractivity contribution in [1.29, 1.82) is 0 Å². The third kappa shape index (κ3) is 6.27. The topological polar surface area (TPSA) is 88.2 Å². The van der Waals surface area contributed by atoms with Crippen molar-refractivity contribution in [2.75, 3.05) is 13.1 Å². The van der Waals surface area contributed by atoms with Gasteiger partial charge in [-0.25, -0.2) is 9.59 Å². The third-order valence-corrected chi connectivity index (χ3v) is 7.36. The van der Waals surface area contributed by atoms with Crippen LogP contribution in [0.25, 0.3) is 0 Å². The Hall–Kier alpha value is -2.77. The number of benzene rings is 1. The number of alkyl carbamates (subject to hydrolysis) is 1. The molecule has 3 atom stereocenters. The van der Waals surface area contributed by atoms with Crippen molar-refractivity contribution in [2.45, 2.75) is 96.1 Å². The maximum absolute atomic E-state index is 13.8. The van der Waals surface area contributed by atoms with E-state index >= 15 is 0 Å². The summed E-state index contributed by atoms with van der Waals surface area (Å²) in [6.45, 7) is 6.84. The number of ether oxygens (including phenoxy) is 2. The monoisotopic (exact) mass is 485 g/mol. The number of fused-ring (bicyclic) bond motifs is 1. The zero-order valence-electron chi connectivity index (χ0n) is 21.2. The number of carbonyl (C=O) groups is 3. The summed E-state index contributed by atoms with van der Waals surface area (Å²) in [5, 5.41) is 2.91. The lowest BCUT2D eigenvalue weighted by atomic mass is 9.83. The van der Waals surface area contributed by atoms with Crippen LogP contribution in [-0.2, 0) is 20.9 Å². The molecule has 0 spiro atoms. The molecular formula is C27H39N3O5. The van der Waals surface area contributed by atoms with Crippen LogP contribution in [0.4, 0.5) is 9.59 Å². The van der Waals surface area contributed by atoms with Gasteiger partial charge in [-0.2, -0.15) is 0 Å². The van der Waals surface area contributed by atoms with Crippen molar-refractivity contribution in [2.24, 2.45) is 5.92 Å². The highest BCUT2D eigenvalue weighted by Crippen LogP contribution is 2.35. The van der Waals surface area contributed by atoms with Crippen LogP contribution in [0.1, 0.15) is 71.3 Å². The quantitative estimate of drug-likeness (QED) is 0.665. The third-order valence-electron chi connectivity index (χ3n) is 7.36. The minimum Gasteiger partial charge on any atom is -0.445 e. The summed E-state index contributed by atoms with van der Waals surface area (Å²) in [4.78, 5) is 42.9. The van der Waals surface area contributed by atoms with Gasteiger partial charge in [-0.3, -0.25) is 4.79 Å². The first-order valence-corrected chi connectivity index (χ1v) is 13.0. The molecule has 3 fully saturated rings. The molecule has 0 bridgehead atoms. The fraction of sp³-hybridized carbons (Fsp3) is 0.667. The minimum atomic E-state index is -0.630. The predicted molar refractivity (Wildman–Crippen MR) is 132 cm³/mol. The SMILES string of the molecule is CC(C)(C)OC(=O)NC(C(=O)N1CCC2C1CCN2C(=O)OCc1ccccc1)C1CCCCC1. The second-order valence-electron chi connectivity index (χ2n) is 11.0. The first kappa shape index (κ1) is 25.3. The summed E-state index contributed by atoms with van der Waals surface area (Å²) >= 11 is 0. The van der Waals surface area contributed by atoms with E-state index in [0.717, 1.165) is 50.5 Å². The van der Waals surface area contributed by atoms with Crippen LogP contribution >= 0.6 is 0 Å². The summed E-state index contributed by atoms with van der Waals surface area (Å²) in [5.74, 6) is 0.0610. The molecule has 2 saturated heterocycles. The second kappa shape index (κ2) is 10.9. The highest BCUT2D eigenvalue weighted by molar-refractivity contribution is 5.87. The van der Waals surface area contributed by atoms with E-state index < -0.39 is 17.7 Å². The lowest BCUT2D eigenvalue weighted by Crippen LogP contribution is -2.55. The molecule has 1 saturated carbocycles. The summed E-state index contributed by atoms with van der Waals surface area (Å²) in [7, 11) is 0. The lowest BCUT2D eigenvalue weighted by molar-refractivity contribution is -0.136. The highest BCUT2D eigenvalue weighted by atomic mass is 16.6. The maximum Gasteiger partial charge on any atom is 0.410 e. The van der Waals surface area contributed by atoms with Crippen molar-refractivity contribution in [1.82, 2.24) is 15.1 Å². The largest absolute Gasteiger partial charge is 0.445 e. The van der Waals surface area contributed by atoms with Crippen LogP contribution in [0.15, 0.2) is 30.3 Å². The molecule has 1 aliphatic carbocycles. The zero-order valence-corrected chi connectivity index (χ0v) is 21.2. The molecule has 2 heterocycles. The Bertz CT molecular complexity index is 894. The van der Waals surface area contributed by atoms with Gasteiger partial charge in [0.1, 0.15) is 18.2 Å². The van der Waals surface area contributed by atoms with Crippen molar-refractivity contribution in [3.05, 3.63) is 35.9 Å². The normalized spacial score (nSPS) is 23.5. The molecule has 8 heteroatoms. The number of nitrogens with one attached hydrogen (secondary N) is 1. The van der Waals surface area contributed by atoms with E-state index in [9.17, 15) is 14.4 Å². The Morgan fingerprint density at radius 1 is 0.943 bits per heavy atom. The van der Waals surface area contributed by atoms with Gasteiger partial charge in [0.2, 0.25) is 5.91 Å². The van der Waals surface area contributed by atoms with Gasteiger partial charge in [0.15, 0.2) is 0 Å². The molecule has 2 aliphatic heterocycles. The van der Waals surface area contributed by atoms with Gasteiger partial charge in [-0.1, -0.05) is 49.6 Å². The molecule has 192 valence electrons. The summed E-state index contributed by atoms with van der Waals surface area (Å²) < 4.78 is 11.0. The number of carbonyl (C=O) groups excluding carboxylic acids is 3. The van der Waals surface area contributed by atoms with Crippen LogP contribution in [0.3, 0.4) is 0 Å². The lowest BCUT2D eigenvalue weighted by Gasteiger charge is -2.35. The van der Waals surface area contributed by atoms with Crippen LogP contribution in [-0.4, -0.2) is 64.7 Å². The Morgan fingerprint density at radius 2 is 1.57 bits per heavy atom. The average Bonchev–Trinajstić information content (AvgIpc) is 3.43. The Kier molecular flexibility index (Phi) is 7.87. The summed E-state index contributed by atoms with van der Waals surface area (Å²) in [6.07, 6.45) is 5.72. The number of hydrogen-bond acceptors (Lipinski definition) is 5. The van der Waals surface area contributed by atoms with Gasteiger partial charge >= 0.3 is 12.2 Å². The van der Waals surface area contributed by atoms with Crippen molar-refractivity contribution < 1.29 is 23.9 Å². The molecule has 4 rings (SSSR count). The number of amides is 3. The highest BCUT2D eigenvalue weighted by Gasteiger charge is 2.49. The Labute approximate surface area is 208 Å². The second-order valence-corrected chi connectivity index (χ2v) is 11.0. The predicted octanol–water partition coefficient (Wildman–Crippen LogP) is 4.47. The van der Waals surface area contributed by atoms with Crippen LogP contribution in [0, 0.1) is 5.92 Å². The first-order valence-electron chi connectivity index (χ1n) is 13.0. The molecule has 3 amide bonds. The van der Waals surface area contributed by atoms with Crippen LogP contribution in [0.2, 0.25) is 0 Å². The number of nitrogens with zero attached hydrogens (tertiary/aromatic N) is 2.